The summed E-state index contributed by atoms with van der Waals surface area (Å²) in [5, 5.41) is 3.43. The van der Waals surface area contributed by atoms with Gasteiger partial charge in [-0.1, -0.05) is 0 Å². The van der Waals surface area contributed by atoms with Gasteiger partial charge in [0.2, 0.25) is 0 Å². The molecule has 0 bridgehead atoms. The van der Waals surface area contributed by atoms with Crippen LogP contribution in [-0.2, 0) is 11.3 Å². The number of benzene rings is 1. The summed E-state index contributed by atoms with van der Waals surface area (Å²) < 4.78 is 11.9. The van der Waals surface area contributed by atoms with Gasteiger partial charge in [0.1, 0.15) is 0 Å². The Balaban J connectivity index is 1.89. The largest absolute Gasteiger partial charge is 0.419 e. The Bertz CT molecular complexity index is 625. The molecule has 1 N–H and O–H groups in total. The lowest BCUT2D eigenvalue weighted by Gasteiger charge is -2.05. The first-order valence-electron chi connectivity index (χ1n) is 6.67. The molecule has 1 aliphatic rings. The first-order valence-corrected chi connectivity index (χ1v) is 6.67. The van der Waals surface area contributed by atoms with Crippen LogP contribution in [0.1, 0.15) is 19.3 Å². The Morgan fingerprint density at radius 2 is 2.32 bits per heavy atom. The Morgan fingerprint density at radius 3 is 3.05 bits per heavy atom. The maximum Gasteiger partial charge on any atom is 0.419 e. The smallest absolute Gasteiger partial charge is 0.408 e. The van der Waals surface area contributed by atoms with E-state index in [-0.39, 0.29) is 5.76 Å². The molecule has 1 aromatic heterocycles. The van der Waals surface area contributed by atoms with Crippen molar-refractivity contribution in [3.05, 3.63) is 28.7 Å². The average molecular weight is 262 g/mol. The number of hydrogen-bond donors (Lipinski definition) is 1. The summed E-state index contributed by atoms with van der Waals surface area (Å²) in [6, 6.07) is 6.40. The molecule has 1 aliphatic carbocycles. The number of nitrogens with one attached hydrogen (secondary N) is 1. The van der Waals surface area contributed by atoms with Crippen molar-refractivity contribution < 1.29 is 9.15 Å². The van der Waals surface area contributed by atoms with Crippen LogP contribution in [0, 0.1) is 0 Å². The zero-order valence-electron chi connectivity index (χ0n) is 11.0. The lowest BCUT2D eigenvalue weighted by Crippen LogP contribution is -2.15. The molecule has 2 aromatic rings. The minimum Gasteiger partial charge on any atom is -0.408 e. The summed E-state index contributed by atoms with van der Waals surface area (Å²) in [5.74, 6) is -0.297. The van der Waals surface area contributed by atoms with Crippen molar-refractivity contribution in [3.63, 3.8) is 0 Å². The van der Waals surface area contributed by atoms with E-state index in [1.807, 2.05) is 18.2 Å². The van der Waals surface area contributed by atoms with Crippen LogP contribution in [0.25, 0.3) is 11.1 Å². The van der Waals surface area contributed by atoms with Crippen LogP contribution in [0.15, 0.2) is 27.4 Å². The van der Waals surface area contributed by atoms with E-state index in [9.17, 15) is 4.79 Å². The molecular formula is C14H18N2O3. The van der Waals surface area contributed by atoms with Crippen LogP contribution < -0.4 is 11.1 Å². The fraction of sp³-hybridized carbons (Fsp3) is 0.500. The third-order valence-corrected chi connectivity index (χ3v) is 3.35. The zero-order chi connectivity index (χ0) is 13.2. The molecule has 1 aromatic carbocycles. The highest BCUT2D eigenvalue weighted by Crippen LogP contribution is 2.26. The fourth-order valence-corrected chi connectivity index (χ4v) is 2.19. The Kier molecular flexibility index (Phi) is 3.29. The molecular weight excluding hydrogens is 244 g/mol. The lowest BCUT2D eigenvalue weighted by molar-refractivity contribution is 0.190. The van der Waals surface area contributed by atoms with Gasteiger partial charge in [-0.2, -0.15) is 0 Å². The van der Waals surface area contributed by atoms with Gasteiger partial charge in [0.05, 0.1) is 5.52 Å². The summed E-state index contributed by atoms with van der Waals surface area (Å²) in [6.45, 7) is 1.26. The van der Waals surface area contributed by atoms with Gasteiger partial charge in [0.15, 0.2) is 5.58 Å². The van der Waals surface area contributed by atoms with Gasteiger partial charge in [0.25, 0.3) is 0 Å². The molecule has 19 heavy (non-hydrogen) atoms. The molecule has 0 radical (unpaired) electrons. The minimum atomic E-state index is -0.297. The number of rotatable bonds is 6. The van der Waals surface area contributed by atoms with E-state index >= 15 is 0 Å². The van der Waals surface area contributed by atoms with Crippen molar-refractivity contribution in [3.8, 4) is 0 Å². The van der Waals surface area contributed by atoms with E-state index in [0.29, 0.717) is 24.8 Å². The third kappa shape index (κ3) is 2.66. The first kappa shape index (κ1) is 12.3. The standard InChI is InChI=1S/C14H18N2O3/c1-18-8-2-7-16-12-9-11(15-10-3-4-10)5-6-13(12)19-14(16)17/h5-6,9-10,15H,2-4,7-8H2,1H3. The van der Waals surface area contributed by atoms with Crippen molar-refractivity contribution in [2.75, 3.05) is 19.0 Å². The average Bonchev–Trinajstić information content (AvgIpc) is 3.15. The number of ether oxygens (including phenoxy) is 1. The Morgan fingerprint density at radius 1 is 1.47 bits per heavy atom. The number of methoxy groups -OCH3 is 1. The topological polar surface area (TPSA) is 56.4 Å². The lowest BCUT2D eigenvalue weighted by atomic mass is 10.2. The maximum absolute atomic E-state index is 11.8. The Labute approximate surface area is 111 Å². The molecule has 0 unspecified atom stereocenters. The molecule has 1 fully saturated rings. The van der Waals surface area contributed by atoms with Crippen LogP contribution in [0.3, 0.4) is 0 Å². The SMILES string of the molecule is COCCCn1c(=O)oc2ccc(NC3CC3)cc21. The van der Waals surface area contributed by atoms with Crippen LogP contribution in [0.5, 0.6) is 0 Å². The van der Waals surface area contributed by atoms with E-state index in [2.05, 4.69) is 5.32 Å². The summed E-state index contributed by atoms with van der Waals surface area (Å²) in [5.41, 5.74) is 2.55. The number of hydrogen-bond acceptors (Lipinski definition) is 4. The quantitative estimate of drug-likeness (QED) is 0.811. The zero-order valence-corrected chi connectivity index (χ0v) is 11.0. The second kappa shape index (κ2) is 5.09. The number of anilines is 1. The molecule has 5 nitrogen and oxygen atoms in total. The van der Waals surface area contributed by atoms with Gasteiger partial charge in [-0.3, -0.25) is 4.57 Å². The van der Waals surface area contributed by atoms with Gasteiger partial charge in [-0.25, -0.2) is 4.79 Å². The first-order chi connectivity index (χ1) is 9.28. The van der Waals surface area contributed by atoms with Gasteiger partial charge in [-0.05, 0) is 37.5 Å². The van der Waals surface area contributed by atoms with Crippen LogP contribution in [0.2, 0.25) is 0 Å². The summed E-state index contributed by atoms with van der Waals surface area (Å²) >= 11 is 0. The fourth-order valence-electron chi connectivity index (χ4n) is 2.19. The predicted molar refractivity (Wildman–Crippen MR) is 73.6 cm³/mol. The normalized spacial score (nSPS) is 15.0. The Hall–Kier alpha value is -1.75. The molecule has 0 saturated heterocycles. The highest BCUT2D eigenvalue weighted by atomic mass is 16.5. The summed E-state index contributed by atoms with van der Waals surface area (Å²) in [4.78, 5) is 11.8. The van der Waals surface area contributed by atoms with Gasteiger partial charge in [-0.15, -0.1) is 0 Å². The molecule has 0 amide bonds. The van der Waals surface area contributed by atoms with Gasteiger partial charge in [0, 0.05) is 32.0 Å². The number of fused-ring (bicyclic) bond motifs is 1. The van der Waals surface area contributed by atoms with E-state index < -0.39 is 0 Å². The second-order valence-electron chi connectivity index (χ2n) is 4.97. The van der Waals surface area contributed by atoms with Crippen molar-refractivity contribution in [2.45, 2.75) is 31.8 Å². The molecule has 0 spiro atoms. The second-order valence-corrected chi connectivity index (χ2v) is 4.97. The van der Waals surface area contributed by atoms with E-state index in [1.165, 1.54) is 12.8 Å². The summed E-state index contributed by atoms with van der Waals surface area (Å²) in [6.07, 6.45) is 3.25. The van der Waals surface area contributed by atoms with Crippen molar-refractivity contribution >= 4 is 16.8 Å². The highest BCUT2D eigenvalue weighted by molar-refractivity contribution is 5.77. The van der Waals surface area contributed by atoms with Crippen molar-refractivity contribution in [1.82, 2.24) is 4.57 Å². The number of oxazole rings is 1. The van der Waals surface area contributed by atoms with E-state index in [4.69, 9.17) is 9.15 Å². The number of nitrogens with zero attached hydrogens (tertiary/aromatic N) is 1. The number of aryl methyl sites for hydroxylation is 1. The molecule has 3 rings (SSSR count). The maximum atomic E-state index is 11.8. The van der Waals surface area contributed by atoms with Crippen LogP contribution in [-0.4, -0.2) is 24.3 Å². The van der Waals surface area contributed by atoms with Crippen LogP contribution >= 0.6 is 0 Å². The van der Waals surface area contributed by atoms with Gasteiger partial charge < -0.3 is 14.5 Å². The van der Waals surface area contributed by atoms with Gasteiger partial charge >= 0.3 is 5.76 Å². The predicted octanol–water partition coefficient (Wildman–Crippen LogP) is 2.21. The van der Waals surface area contributed by atoms with Crippen molar-refractivity contribution in [2.24, 2.45) is 0 Å². The molecule has 1 saturated carbocycles. The minimum absolute atomic E-state index is 0.297. The summed E-state index contributed by atoms with van der Waals surface area (Å²) in [7, 11) is 1.66. The molecule has 5 heteroatoms. The van der Waals surface area contributed by atoms with Crippen molar-refractivity contribution in [1.29, 1.82) is 0 Å². The van der Waals surface area contributed by atoms with E-state index in [1.54, 1.807) is 11.7 Å². The molecule has 102 valence electrons. The van der Waals surface area contributed by atoms with Crippen LogP contribution in [0.4, 0.5) is 5.69 Å². The molecule has 0 aliphatic heterocycles. The monoisotopic (exact) mass is 262 g/mol. The number of aromatic nitrogens is 1. The van der Waals surface area contributed by atoms with E-state index in [0.717, 1.165) is 17.6 Å². The molecule has 1 heterocycles. The highest BCUT2D eigenvalue weighted by Gasteiger charge is 2.21. The third-order valence-electron chi connectivity index (χ3n) is 3.35. The molecule has 0 atom stereocenters.